The quantitative estimate of drug-likeness (QED) is 0.221. The molecule has 0 aliphatic carbocycles. The highest BCUT2D eigenvalue weighted by Gasteiger charge is 2.32. The van der Waals surface area contributed by atoms with E-state index in [2.05, 4.69) is 154 Å². The van der Waals surface area contributed by atoms with Crippen molar-refractivity contribution in [3.8, 4) is 28.1 Å². The fraction of sp³-hybridized carbons (Fsp3) is 0.0303. The summed E-state index contributed by atoms with van der Waals surface area (Å²) in [5.74, 6) is 0. The van der Waals surface area contributed by atoms with Crippen LogP contribution in [0.4, 0.5) is 17.1 Å². The molecule has 0 spiro atoms. The van der Waals surface area contributed by atoms with Crippen LogP contribution in [0.1, 0.15) is 18.2 Å². The Morgan fingerprint density at radius 3 is 2.06 bits per heavy atom. The Morgan fingerprint density at radius 2 is 1.36 bits per heavy atom. The van der Waals surface area contributed by atoms with Crippen molar-refractivity contribution in [2.24, 2.45) is 0 Å². The van der Waals surface area contributed by atoms with Crippen molar-refractivity contribution in [2.45, 2.75) is 6.92 Å². The molecule has 0 fully saturated rings. The molecule has 0 N–H and O–H groups in total. The number of nitrogens with zero attached hydrogens (tertiary/aromatic N) is 2. The van der Waals surface area contributed by atoms with Gasteiger partial charge in [0.05, 0.1) is 22.8 Å². The van der Waals surface area contributed by atoms with E-state index in [1.54, 1.807) is 0 Å². The SMILES string of the molecule is C=Cc1c2c(n(-c3cccc(Br)c3)c1/C=C\C)-c1ccccc1N(c1ccccc1)c1ccccc1-2. The minimum Gasteiger partial charge on any atom is -0.309 e. The van der Waals surface area contributed by atoms with E-state index in [0.29, 0.717) is 0 Å². The zero-order valence-corrected chi connectivity index (χ0v) is 21.6. The van der Waals surface area contributed by atoms with Crippen LogP contribution in [0.25, 0.3) is 40.2 Å². The Hall–Kier alpha value is -4.08. The van der Waals surface area contributed by atoms with Crippen LogP contribution >= 0.6 is 15.9 Å². The molecule has 0 bridgehead atoms. The number of halogens is 1. The molecular formula is C33H25BrN2. The van der Waals surface area contributed by atoms with Crippen LogP contribution in [0.5, 0.6) is 0 Å². The molecule has 0 amide bonds. The molecular weight excluding hydrogens is 504 g/mol. The summed E-state index contributed by atoms with van der Waals surface area (Å²) in [6, 6.07) is 36.5. The Labute approximate surface area is 220 Å². The highest BCUT2D eigenvalue weighted by Crippen LogP contribution is 2.54. The average Bonchev–Trinajstić information content (AvgIpc) is 3.17. The smallest absolute Gasteiger partial charge is 0.0641 e. The van der Waals surface area contributed by atoms with Crippen molar-refractivity contribution >= 4 is 45.1 Å². The van der Waals surface area contributed by atoms with Gasteiger partial charge in [0.25, 0.3) is 0 Å². The van der Waals surface area contributed by atoms with Gasteiger partial charge in [0.2, 0.25) is 0 Å². The van der Waals surface area contributed by atoms with Gasteiger partial charge in [-0.25, -0.2) is 0 Å². The fourth-order valence-corrected chi connectivity index (χ4v) is 5.67. The van der Waals surface area contributed by atoms with Gasteiger partial charge in [-0.1, -0.05) is 95.3 Å². The van der Waals surface area contributed by atoms with Crippen LogP contribution in [0, 0.1) is 0 Å². The molecule has 36 heavy (non-hydrogen) atoms. The summed E-state index contributed by atoms with van der Waals surface area (Å²) < 4.78 is 3.42. The van der Waals surface area contributed by atoms with Crippen LogP contribution < -0.4 is 4.90 Å². The number of hydrogen-bond acceptors (Lipinski definition) is 1. The Morgan fingerprint density at radius 1 is 0.722 bits per heavy atom. The lowest BCUT2D eigenvalue weighted by Crippen LogP contribution is -2.11. The molecule has 1 aliphatic heterocycles. The molecule has 1 aliphatic rings. The van der Waals surface area contributed by atoms with Crippen molar-refractivity contribution in [2.75, 3.05) is 4.90 Å². The summed E-state index contributed by atoms with van der Waals surface area (Å²) in [4.78, 5) is 2.37. The van der Waals surface area contributed by atoms with Crippen LogP contribution in [0.2, 0.25) is 0 Å². The Balaban J connectivity index is 1.83. The normalized spacial score (nSPS) is 12.1. The molecule has 2 nitrogen and oxygen atoms in total. The lowest BCUT2D eigenvalue weighted by molar-refractivity contribution is 1.07. The minimum atomic E-state index is 1.04. The molecule has 1 aromatic heterocycles. The van der Waals surface area contributed by atoms with E-state index in [1.807, 2.05) is 6.08 Å². The first-order valence-electron chi connectivity index (χ1n) is 12.1. The number of aromatic nitrogens is 1. The summed E-state index contributed by atoms with van der Waals surface area (Å²) >= 11 is 3.70. The van der Waals surface area contributed by atoms with E-state index in [4.69, 9.17) is 0 Å². The molecule has 3 heteroatoms. The van der Waals surface area contributed by atoms with E-state index >= 15 is 0 Å². The predicted octanol–water partition coefficient (Wildman–Crippen LogP) is 10.0. The molecule has 0 unspecified atom stereocenters. The number of benzene rings is 4. The van der Waals surface area contributed by atoms with Gasteiger partial charge in [0.1, 0.15) is 0 Å². The molecule has 0 saturated heterocycles. The molecule has 6 rings (SSSR count). The summed E-state index contributed by atoms with van der Waals surface area (Å²) in [5, 5.41) is 0. The first kappa shape index (κ1) is 22.4. The third-order valence-corrected chi connectivity index (χ3v) is 7.16. The van der Waals surface area contributed by atoms with E-state index in [0.717, 1.165) is 44.2 Å². The van der Waals surface area contributed by atoms with Gasteiger partial charge < -0.3 is 9.47 Å². The summed E-state index contributed by atoms with van der Waals surface area (Å²) in [6.07, 6.45) is 6.29. The van der Waals surface area contributed by atoms with Gasteiger partial charge in [-0.2, -0.15) is 0 Å². The highest BCUT2D eigenvalue weighted by atomic mass is 79.9. The maximum atomic E-state index is 4.27. The second-order valence-electron chi connectivity index (χ2n) is 8.75. The predicted molar refractivity (Wildman–Crippen MR) is 157 cm³/mol. The standard InChI is InChI=1S/C33H25BrN2/c1-3-13-29-26(4-2)32-27-18-8-10-20-30(27)35(24-15-6-5-7-16-24)31-21-11-9-19-28(31)33(32)36(29)25-17-12-14-23(34)22-25/h3-22H,2H2,1H3/b13-3-. The van der Waals surface area contributed by atoms with Crippen molar-refractivity contribution in [1.82, 2.24) is 4.57 Å². The molecule has 5 aromatic rings. The number of anilines is 3. The number of fused-ring (bicyclic) bond motifs is 5. The van der Waals surface area contributed by atoms with Crippen molar-refractivity contribution in [3.05, 3.63) is 132 Å². The summed E-state index contributed by atoms with van der Waals surface area (Å²) in [5.41, 5.74) is 11.5. The number of allylic oxidation sites excluding steroid dienone is 1. The fourth-order valence-electron chi connectivity index (χ4n) is 5.28. The first-order chi connectivity index (χ1) is 17.7. The molecule has 2 heterocycles. The van der Waals surface area contributed by atoms with Crippen LogP contribution in [0.3, 0.4) is 0 Å². The third kappa shape index (κ3) is 3.47. The first-order valence-corrected chi connectivity index (χ1v) is 12.9. The van der Waals surface area contributed by atoms with Gasteiger partial charge in [-0.05, 0) is 55.5 Å². The minimum absolute atomic E-state index is 1.04. The van der Waals surface area contributed by atoms with E-state index in [1.165, 1.54) is 16.7 Å². The summed E-state index contributed by atoms with van der Waals surface area (Å²) in [7, 11) is 0. The molecule has 0 radical (unpaired) electrons. The number of rotatable bonds is 4. The summed E-state index contributed by atoms with van der Waals surface area (Å²) in [6.45, 7) is 6.34. The largest absolute Gasteiger partial charge is 0.309 e. The van der Waals surface area contributed by atoms with Crippen LogP contribution in [0.15, 0.2) is 120 Å². The van der Waals surface area contributed by atoms with E-state index in [-0.39, 0.29) is 0 Å². The third-order valence-electron chi connectivity index (χ3n) is 6.67. The zero-order chi connectivity index (χ0) is 24.6. The molecule has 4 aromatic carbocycles. The molecule has 174 valence electrons. The van der Waals surface area contributed by atoms with Crippen molar-refractivity contribution in [3.63, 3.8) is 0 Å². The van der Waals surface area contributed by atoms with Crippen LogP contribution in [-0.4, -0.2) is 4.57 Å². The number of para-hydroxylation sites is 3. The van der Waals surface area contributed by atoms with Crippen molar-refractivity contribution in [1.29, 1.82) is 0 Å². The average molecular weight is 529 g/mol. The van der Waals surface area contributed by atoms with Crippen LogP contribution in [-0.2, 0) is 0 Å². The second-order valence-corrected chi connectivity index (χ2v) is 9.66. The maximum absolute atomic E-state index is 4.27. The van der Waals surface area contributed by atoms with Crippen molar-refractivity contribution < 1.29 is 0 Å². The Kier molecular flexibility index (Phi) is 5.71. The molecule has 0 saturated carbocycles. The maximum Gasteiger partial charge on any atom is 0.0641 e. The van der Waals surface area contributed by atoms with Gasteiger partial charge in [0.15, 0.2) is 0 Å². The number of hydrogen-bond donors (Lipinski definition) is 0. The van der Waals surface area contributed by atoms with Gasteiger partial charge in [-0.3, -0.25) is 0 Å². The van der Waals surface area contributed by atoms with Gasteiger partial charge in [0, 0.05) is 38.1 Å². The second kappa shape index (κ2) is 9.18. The lowest BCUT2D eigenvalue weighted by Gasteiger charge is -2.27. The zero-order valence-electron chi connectivity index (χ0n) is 20.0. The van der Waals surface area contributed by atoms with E-state index in [9.17, 15) is 0 Å². The van der Waals surface area contributed by atoms with E-state index < -0.39 is 0 Å². The monoisotopic (exact) mass is 528 g/mol. The van der Waals surface area contributed by atoms with Gasteiger partial charge >= 0.3 is 0 Å². The topological polar surface area (TPSA) is 8.17 Å². The lowest BCUT2D eigenvalue weighted by atomic mass is 9.96. The Bertz CT molecular complexity index is 1630. The highest BCUT2D eigenvalue weighted by molar-refractivity contribution is 9.10. The van der Waals surface area contributed by atoms with Gasteiger partial charge in [-0.15, -0.1) is 0 Å². The molecule has 0 atom stereocenters.